The maximum Gasteiger partial charge on any atom is 0.172 e. The van der Waals surface area contributed by atoms with E-state index in [9.17, 15) is 4.79 Å². The molecule has 0 aliphatic rings. The molecular formula is C15H19ClN2O2. The molecular weight excluding hydrogens is 276 g/mol. The second kappa shape index (κ2) is 5.44. The van der Waals surface area contributed by atoms with Gasteiger partial charge in [0.05, 0.1) is 28.4 Å². The highest BCUT2D eigenvalue weighted by Gasteiger charge is 2.22. The fraction of sp³-hybridized carbons (Fsp3) is 0.467. The van der Waals surface area contributed by atoms with Crippen LogP contribution in [0, 0.1) is 20.8 Å². The summed E-state index contributed by atoms with van der Waals surface area (Å²) in [6.45, 7) is 7.58. The number of hydrogen-bond donors (Lipinski definition) is 0. The standard InChI is InChI=1S/C15H19ClN2O2/c1-6-11-15(16)12(18(5)17-11)7-13(19)14-8(2)9(3)20-10(14)4/h6-7H2,1-5H3. The van der Waals surface area contributed by atoms with Gasteiger partial charge in [-0.15, -0.1) is 0 Å². The Morgan fingerprint density at radius 1 is 1.30 bits per heavy atom. The molecule has 4 nitrogen and oxygen atoms in total. The molecule has 0 amide bonds. The number of furan rings is 1. The number of ketones is 1. The molecule has 20 heavy (non-hydrogen) atoms. The first-order chi connectivity index (χ1) is 9.36. The average Bonchev–Trinajstić information content (AvgIpc) is 2.79. The zero-order chi connectivity index (χ0) is 15.0. The normalized spacial score (nSPS) is 11.1. The van der Waals surface area contributed by atoms with Gasteiger partial charge >= 0.3 is 0 Å². The molecule has 0 aliphatic heterocycles. The minimum absolute atomic E-state index is 0.0180. The predicted octanol–water partition coefficient (Wildman–Crippen LogP) is 3.58. The number of hydrogen-bond acceptors (Lipinski definition) is 3. The van der Waals surface area contributed by atoms with Crippen LogP contribution in [0.3, 0.4) is 0 Å². The highest BCUT2D eigenvalue weighted by atomic mass is 35.5. The molecule has 0 saturated heterocycles. The molecule has 0 bridgehead atoms. The number of Topliss-reactive ketones (excluding diaryl/α,β-unsaturated/α-hetero) is 1. The van der Waals surface area contributed by atoms with E-state index in [2.05, 4.69) is 5.10 Å². The molecule has 0 unspecified atom stereocenters. The SMILES string of the molecule is CCc1nn(C)c(CC(=O)c2c(C)oc(C)c2C)c1Cl. The van der Waals surface area contributed by atoms with Crippen LogP contribution in [0.5, 0.6) is 0 Å². The van der Waals surface area contributed by atoms with Crippen LogP contribution < -0.4 is 0 Å². The van der Waals surface area contributed by atoms with Gasteiger partial charge in [-0.05, 0) is 27.2 Å². The van der Waals surface area contributed by atoms with Crippen molar-refractivity contribution in [1.29, 1.82) is 0 Å². The fourth-order valence-electron chi connectivity index (χ4n) is 2.46. The molecule has 2 aromatic heterocycles. The van der Waals surface area contributed by atoms with Crippen molar-refractivity contribution in [3.05, 3.63) is 39.1 Å². The molecule has 0 saturated carbocycles. The molecule has 0 spiro atoms. The Hall–Kier alpha value is -1.55. The third-order valence-corrected chi connectivity index (χ3v) is 4.11. The van der Waals surface area contributed by atoms with Crippen LogP contribution in [-0.4, -0.2) is 15.6 Å². The van der Waals surface area contributed by atoms with E-state index in [1.807, 2.05) is 34.7 Å². The van der Waals surface area contributed by atoms with Crippen molar-refractivity contribution in [2.75, 3.05) is 0 Å². The van der Waals surface area contributed by atoms with Gasteiger partial charge in [-0.2, -0.15) is 5.10 Å². The van der Waals surface area contributed by atoms with Gasteiger partial charge in [0.2, 0.25) is 0 Å². The zero-order valence-electron chi connectivity index (χ0n) is 12.5. The maximum atomic E-state index is 12.5. The van der Waals surface area contributed by atoms with Gasteiger partial charge in [0.25, 0.3) is 0 Å². The summed E-state index contributed by atoms with van der Waals surface area (Å²) in [4.78, 5) is 12.5. The Morgan fingerprint density at radius 2 is 1.95 bits per heavy atom. The van der Waals surface area contributed by atoms with E-state index in [0.29, 0.717) is 16.3 Å². The number of carbonyl (C=O) groups is 1. The second-order valence-electron chi connectivity index (χ2n) is 5.00. The van der Waals surface area contributed by atoms with Gasteiger partial charge in [-0.3, -0.25) is 9.48 Å². The highest BCUT2D eigenvalue weighted by Crippen LogP contribution is 2.26. The minimum Gasteiger partial charge on any atom is -0.466 e. The van der Waals surface area contributed by atoms with Crippen molar-refractivity contribution in [3.8, 4) is 0 Å². The second-order valence-corrected chi connectivity index (χ2v) is 5.38. The lowest BCUT2D eigenvalue weighted by Gasteiger charge is -2.03. The van der Waals surface area contributed by atoms with Crippen molar-refractivity contribution < 1.29 is 9.21 Å². The van der Waals surface area contributed by atoms with Gasteiger partial charge in [0.1, 0.15) is 11.5 Å². The largest absolute Gasteiger partial charge is 0.466 e. The molecule has 2 rings (SSSR count). The molecule has 0 radical (unpaired) electrons. The minimum atomic E-state index is 0.0180. The van der Waals surface area contributed by atoms with Gasteiger partial charge in [-0.1, -0.05) is 18.5 Å². The van der Waals surface area contributed by atoms with Crippen molar-refractivity contribution in [2.24, 2.45) is 7.05 Å². The van der Waals surface area contributed by atoms with Crippen LogP contribution in [0.25, 0.3) is 0 Å². The Morgan fingerprint density at radius 3 is 2.40 bits per heavy atom. The summed E-state index contributed by atoms with van der Waals surface area (Å²) in [5.74, 6) is 1.47. The van der Waals surface area contributed by atoms with E-state index in [-0.39, 0.29) is 12.2 Å². The van der Waals surface area contributed by atoms with Crippen molar-refractivity contribution >= 4 is 17.4 Å². The van der Waals surface area contributed by atoms with Crippen LogP contribution in [-0.2, 0) is 19.9 Å². The van der Waals surface area contributed by atoms with Gasteiger partial charge in [-0.25, -0.2) is 0 Å². The summed E-state index contributed by atoms with van der Waals surface area (Å²) >= 11 is 6.29. The first-order valence-electron chi connectivity index (χ1n) is 6.66. The average molecular weight is 295 g/mol. The van der Waals surface area contributed by atoms with Gasteiger partial charge in [0, 0.05) is 12.6 Å². The van der Waals surface area contributed by atoms with Crippen molar-refractivity contribution in [2.45, 2.75) is 40.5 Å². The lowest BCUT2D eigenvalue weighted by Crippen LogP contribution is -2.09. The van der Waals surface area contributed by atoms with E-state index in [4.69, 9.17) is 16.0 Å². The maximum absolute atomic E-state index is 12.5. The van der Waals surface area contributed by atoms with Crippen LogP contribution in [0.4, 0.5) is 0 Å². The van der Waals surface area contributed by atoms with Crippen molar-refractivity contribution in [1.82, 2.24) is 9.78 Å². The molecule has 0 atom stereocenters. The zero-order valence-corrected chi connectivity index (χ0v) is 13.3. The molecule has 0 aliphatic carbocycles. The Kier molecular flexibility index (Phi) is 4.04. The van der Waals surface area contributed by atoms with E-state index >= 15 is 0 Å². The number of aromatic nitrogens is 2. The summed E-state index contributed by atoms with van der Waals surface area (Å²) in [6, 6.07) is 0. The quantitative estimate of drug-likeness (QED) is 0.810. The van der Waals surface area contributed by atoms with E-state index in [1.54, 1.807) is 4.68 Å². The lowest BCUT2D eigenvalue weighted by molar-refractivity contribution is 0.0989. The monoisotopic (exact) mass is 294 g/mol. The fourth-order valence-corrected chi connectivity index (χ4v) is 2.82. The first-order valence-corrected chi connectivity index (χ1v) is 7.04. The Balaban J connectivity index is 2.35. The number of aryl methyl sites for hydroxylation is 4. The van der Waals surface area contributed by atoms with Gasteiger partial charge in [0.15, 0.2) is 5.78 Å². The first kappa shape index (κ1) is 14.9. The van der Waals surface area contributed by atoms with Crippen LogP contribution in [0.1, 0.15) is 45.8 Å². The molecule has 0 N–H and O–H groups in total. The van der Waals surface area contributed by atoms with E-state index in [1.165, 1.54) is 0 Å². The summed E-state index contributed by atoms with van der Waals surface area (Å²) in [5.41, 5.74) is 3.15. The molecule has 0 fully saturated rings. The molecule has 5 heteroatoms. The molecule has 108 valence electrons. The number of carbonyl (C=O) groups excluding carboxylic acids is 1. The van der Waals surface area contributed by atoms with E-state index < -0.39 is 0 Å². The van der Waals surface area contributed by atoms with Gasteiger partial charge < -0.3 is 4.42 Å². The van der Waals surface area contributed by atoms with Crippen molar-refractivity contribution in [3.63, 3.8) is 0 Å². The lowest BCUT2D eigenvalue weighted by atomic mass is 10.0. The van der Waals surface area contributed by atoms with Crippen LogP contribution in [0.15, 0.2) is 4.42 Å². The Labute approximate surface area is 123 Å². The highest BCUT2D eigenvalue weighted by molar-refractivity contribution is 6.32. The topological polar surface area (TPSA) is 48.0 Å². The third kappa shape index (κ3) is 2.40. The molecule has 2 heterocycles. The predicted molar refractivity (Wildman–Crippen MR) is 78.5 cm³/mol. The summed E-state index contributed by atoms with van der Waals surface area (Å²) < 4.78 is 7.21. The number of nitrogens with zero attached hydrogens (tertiary/aromatic N) is 2. The van der Waals surface area contributed by atoms with Crippen LogP contribution >= 0.6 is 11.6 Å². The summed E-state index contributed by atoms with van der Waals surface area (Å²) in [7, 11) is 1.81. The smallest absolute Gasteiger partial charge is 0.172 e. The number of halogens is 1. The van der Waals surface area contributed by atoms with E-state index in [0.717, 1.165) is 29.1 Å². The molecule has 0 aromatic carbocycles. The molecule has 2 aromatic rings. The Bertz CT molecular complexity index is 668. The number of rotatable bonds is 4. The summed E-state index contributed by atoms with van der Waals surface area (Å²) in [5, 5.41) is 4.93. The summed E-state index contributed by atoms with van der Waals surface area (Å²) in [6.07, 6.45) is 0.993. The van der Waals surface area contributed by atoms with Crippen LogP contribution in [0.2, 0.25) is 5.02 Å². The third-order valence-electron chi connectivity index (χ3n) is 3.67.